The van der Waals surface area contributed by atoms with Gasteiger partial charge in [0.25, 0.3) is 5.56 Å². The number of piperidine rings is 1. The van der Waals surface area contributed by atoms with E-state index in [2.05, 4.69) is 41.9 Å². The number of nitriles is 1. The molecule has 0 N–H and O–H groups in total. The van der Waals surface area contributed by atoms with Crippen LogP contribution in [0.4, 0.5) is 5.69 Å². The molecule has 6 nitrogen and oxygen atoms in total. The predicted molar refractivity (Wildman–Crippen MR) is 118 cm³/mol. The van der Waals surface area contributed by atoms with Gasteiger partial charge < -0.3 is 14.2 Å². The summed E-state index contributed by atoms with van der Waals surface area (Å²) in [5.74, 6) is 1.20. The minimum Gasteiger partial charge on any atom is -0.490 e. The van der Waals surface area contributed by atoms with Crippen molar-refractivity contribution in [2.45, 2.75) is 32.8 Å². The maximum Gasteiger partial charge on any atom is 0.252 e. The Hall–Kier alpha value is -3.33. The SMILES string of the molecule is CCc1cccc(O[C@H]2CCN(c3cc(=O)n(C)c4ccc(C#N)nc34)C[C@@H]2C)c1. The Labute approximate surface area is 176 Å². The summed E-state index contributed by atoms with van der Waals surface area (Å²) in [6.07, 6.45) is 1.96. The van der Waals surface area contributed by atoms with E-state index in [1.165, 1.54) is 5.56 Å². The molecule has 1 aromatic carbocycles. The molecule has 30 heavy (non-hydrogen) atoms. The monoisotopic (exact) mass is 402 g/mol. The van der Waals surface area contributed by atoms with Gasteiger partial charge in [-0.2, -0.15) is 5.26 Å². The van der Waals surface area contributed by atoms with E-state index in [0.29, 0.717) is 11.2 Å². The number of ether oxygens (including phenoxy) is 1. The zero-order valence-corrected chi connectivity index (χ0v) is 17.6. The van der Waals surface area contributed by atoms with Crippen molar-refractivity contribution in [2.24, 2.45) is 13.0 Å². The Kier molecular flexibility index (Phi) is 5.45. The number of aromatic nitrogens is 2. The van der Waals surface area contributed by atoms with Crippen LogP contribution in [0.15, 0.2) is 47.3 Å². The summed E-state index contributed by atoms with van der Waals surface area (Å²) in [6, 6.07) is 15.5. The number of fused-ring (bicyclic) bond motifs is 1. The van der Waals surface area contributed by atoms with Crippen LogP contribution in [0.3, 0.4) is 0 Å². The molecule has 3 heterocycles. The molecular weight excluding hydrogens is 376 g/mol. The highest BCUT2D eigenvalue weighted by Crippen LogP contribution is 2.30. The van der Waals surface area contributed by atoms with Crippen molar-refractivity contribution in [3.8, 4) is 11.8 Å². The Bertz CT molecular complexity index is 1180. The van der Waals surface area contributed by atoms with E-state index in [1.54, 1.807) is 29.8 Å². The van der Waals surface area contributed by atoms with Gasteiger partial charge in [-0.3, -0.25) is 4.79 Å². The topological polar surface area (TPSA) is 71.2 Å². The minimum absolute atomic E-state index is 0.0774. The van der Waals surface area contributed by atoms with E-state index < -0.39 is 0 Å². The Morgan fingerprint density at radius 2 is 2.10 bits per heavy atom. The molecule has 0 spiro atoms. The second kappa shape index (κ2) is 8.19. The predicted octanol–water partition coefficient (Wildman–Crippen LogP) is 3.66. The number of hydrogen-bond donors (Lipinski definition) is 0. The standard InChI is InChI=1S/C24H26N4O2/c1-4-17-6-5-7-19(12-17)30-22-10-11-28(15-16(22)2)21-13-23(29)27(3)20-9-8-18(14-25)26-24(20)21/h5-9,12-13,16,22H,4,10-11,15H2,1-3H3/t16-,22-/m0/s1. The van der Waals surface area contributed by atoms with Crippen LogP contribution in [-0.2, 0) is 13.5 Å². The number of nitrogens with zero attached hydrogens (tertiary/aromatic N) is 4. The normalized spacial score (nSPS) is 18.9. The van der Waals surface area contributed by atoms with Gasteiger partial charge in [0, 0.05) is 38.5 Å². The van der Waals surface area contributed by atoms with Gasteiger partial charge >= 0.3 is 0 Å². The second-order valence-corrected chi connectivity index (χ2v) is 7.97. The summed E-state index contributed by atoms with van der Waals surface area (Å²) < 4.78 is 7.89. The maximum atomic E-state index is 12.5. The average Bonchev–Trinajstić information content (AvgIpc) is 2.77. The summed E-state index contributed by atoms with van der Waals surface area (Å²) in [5, 5.41) is 9.27. The van der Waals surface area contributed by atoms with Gasteiger partial charge in [-0.25, -0.2) is 4.98 Å². The van der Waals surface area contributed by atoms with Gasteiger partial charge in [-0.15, -0.1) is 0 Å². The van der Waals surface area contributed by atoms with Crippen LogP contribution in [0, 0.1) is 17.2 Å². The number of pyridine rings is 2. The van der Waals surface area contributed by atoms with Crippen LogP contribution >= 0.6 is 0 Å². The lowest BCUT2D eigenvalue weighted by Gasteiger charge is -2.38. The fraction of sp³-hybridized carbons (Fsp3) is 0.375. The van der Waals surface area contributed by atoms with Gasteiger partial charge in [-0.05, 0) is 36.2 Å². The van der Waals surface area contributed by atoms with Crippen LogP contribution in [0.2, 0.25) is 0 Å². The molecule has 2 atom stereocenters. The van der Waals surface area contributed by atoms with Crippen LogP contribution in [0.25, 0.3) is 11.0 Å². The lowest BCUT2D eigenvalue weighted by molar-refractivity contribution is 0.121. The Balaban J connectivity index is 1.60. The zero-order valence-electron chi connectivity index (χ0n) is 17.6. The van der Waals surface area contributed by atoms with Crippen molar-refractivity contribution in [1.29, 1.82) is 5.26 Å². The van der Waals surface area contributed by atoms with Crippen LogP contribution in [0.1, 0.15) is 31.5 Å². The number of aryl methyl sites for hydroxylation is 2. The smallest absolute Gasteiger partial charge is 0.252 e. The van der Waals surface area contributed by atoms with E-state index >= 15 is 0 Å². The van der Waals surface area contributed by atoms with Gasteiger partial charge in [0.1, 0.15) is 29.1 Å². The molecule has 0 saturated carbocycles. The highest BCUT2D eigenvalue weighted by atomic mass is 16.5. The number of hydrogen-bond acceptors (Lipinski definition) is 5. The average molecular weight is 402 g/mol. The van der Waals surface area contributed by atoms with E-state index in [-0.39, 0.29) is 17.6 Å². The van der Waals surface area contributed by atoms with Crippen molar-refractivity contribution in [2.75, 3.05) is 18.0 Å². The highest BCUT2D eigenvalue weighted by molar-refractivity contribution is 5.88. The van der Waals surface area contributed by atoms with Crippen LogP contribution in [0.5, 0.6) is 5.75 Å². The lowest BCUT2D eigenvalue weighted by Crippen LogP contribution is -2.45. The first-order chi connectivity index (χ1) is 14.5. The number of benzene rings is 1. The van der Waals surface area contributed by atoms with Gasteiger partial charge in [0.05, 0.1) is 11.2 Å². The summed E-state index contributed by atoms with van der Waals surface area (Å²) in [4.78, 5) is 19.2. The molecule has 0 amide bonds. The molecule has 0 radical (unpaired) electrons. The largest absolute Gasteiger partial charge is 0.490 e. The molecule has 0 unspecified atom stereocenters. The third-order valence-electron chi connectivity index (χ3n) is 5.94. The molecule has 154 valence electrons. The van der Waals surface area contributed by atoms with Crippen molar-refractivity contribution >= 4 is 16.7 Å². The molecule has 1 saturated heterocycles. The molecule has 3 aromatic rings. The lowest BCUT2D eigenvalue weighted by atomic mass is 9.95. The summed E-state index contributed by atoms with van der Waals surface area (Å²) >= 11 is 0. The van der Waals surface area contributed by atoms with Crippen molar-refractivity contribution in [3.63, 3.8) is 0 Å². The van der Waals surface area contributed by atoms with E-state index in [4.69, 9.17) is 4.74 Å². The minimum atomic E-state index is -0.0774. The molecule has 2 aromatic heterocycles. The van der Waals surface area contributed by atoms with Crippen molar-refractivity contribution in [3.05, 3.63) is 64.1 Å². The fourth-order valence-corrected chi connectivity index (χ4v) is 4.15. The molecular formula is C24H26N4O2. The molecule has 1 fully saturated rings. The first-order valence-corrected chi connectivity index (χ1v) is 10.4. The molecule has 0 aliphatic carbocycles. The maximum absolute atomic E-state index is 12.5. The van der Waals surface area contributed by atoms with Gasteiger partial charge in [0.2, 0.25) is 0 Å². The van der Waals surface area contributed by atoms with Crippen molar-refractivity contribution < 1.29 is 4.74 Å². The van der Waals surface area contributed by atoms with Gasteiger partial charge in [-0.1, -0.05) is 26.0 Å². The van der Waals surface area contributed by atoms with Crippen molar-refractivity contribution in [1.82, 2.24) is 9.55 Å². The van der Waals surface area contributed by atoms with E-state index in [0.717, 1.165) is 42.9 Å². The third-order valence-corrected chi connectivity index (χ3v) is 5.94. The first-order valence-electron chi connectivity index (χ1n) is 10.4. The van der Waals surface area contributed by atoms with Crippen LogP contribution in [-0.4, -0.2) is 28.7 Å². The summed E-state index contributed by atoms with van der Waals surface area (Å²) in [6.45, 7) is 5.85. The molecule has 1 aliphatic heterocycles. The number of anilines is 1. The zero-order chi connectivity index (χ0) is 21.3. The Morgan fingerprint density at radius 3 is 2.83 bits per heavy atom. The summed E-state index contributed by atoms with van der Waals surface area (Å²) in [5.41, 5.74) is 3.76. The molecule has 1 aliphatic rings. The number of rotatable bonds is 4. The quantitative estimate of drug-likeness (QED) is 0.666. The summed E-state index contributed by atoms with van der Waals surface area (Å²) in [7, 11) is 1.73. The second-order valence-electron chi connectivity index (χ2n) is 7.97. The molecule has 4 rings (SSSR count). The van der Waals surface area contributed by atoms with E-state index in [1.807, 2.05) is 12.1 Å². The molecule has 6 heteroatoms. The fourth-order valence-electron chi connectivity index (χ4n) is 4.15. The van der Waals surface area contributed by atoms with E-state index in [9.17, 15) is 10.1 Å². The van der Waals surface area contributed by atoms with Crippen LogP contribution < -0.4 is 15.2 Å². The van der Waals surface area contributed by atoms with Gasteiger partial charge in [0.15, 0.2) is 0 Å². The first kappa shape index (κ1) is 20.0. The highest BCUT2D eigenvalue weighted by Gasteiger charge is 2.29. The third kappa shape index (κ3) is 3.76. The Morgan fingerprint density at radius 1 is 1.27 bits per heavy atom. The molecule has 0 bridgehead atoms.